The summed E-state index contributed by atoms with van der Waals surface area (Å²) in [5.41, 5.74) is 0. The van der Waals surface area contributed by atoms with E-state index < -0.39 is 0 Å². The van der Waals surface area contributed by atoms with E-state index in [-0.39, 0.29) is 5.97 Å². The van der Waals surface area contributed by atoms with Crippen molar-refractivity contribution < 1.29 is 9.53 Å². The maximum absolute atomic E-state index is 11.0. The van der Waals surface area contributed by atoms with Crippen molar-refractivity contribution in [3.8, 4) is 0 Å². The van der Waals surface area contributed by atoms with Gasteiger partial charge in [0.05, 0.1) is 13.7 Å². The molecule has 0 aliphatic carbocycles. The van der Waals surface area contributed by atoms with Crippen LogP contribution in [-0.4, -0.2) is 63.2 Å². The van der Waals surface area contributed by atoms with Gasteiger partial charge in [0, 0.05) is 0 Å². The third-order valence-electron chi connectivity index (χ3n) is 3.38. The van der Waals surface area contributed by atoms with Gasteiger partial charge >= 0.3 is 5.97 Å². The Morgan fingerprint density at radius 3 is 2.62 bits per heavy atom. The third-order valence-corrected chi connectivity index (χ3v) is 3.38. The summed E-state index contributed by atoms with van der Waals surface area (Å²) in [5.74, 6) is 0.683. The summed E-state index contributed by atoms with van der Waals surface area (Å²) in [5, 5.41) is 0. The minimum Gasteiger partial charge on any atom is -0.468 e. The van der Waals surface area contributed by atoms with E-state index in [1.54, 1.807) is 0 Å². The Hall–Kier alpha value is -0.610. The molecular weight excluding hydrogens is 204 g/mol. The average molecular weight is 228 g/mol. The van der Waals surface area contributed by atoms with Gasteiger partial charge in [-0.3, -0.25) is 9.69 Å². The smallest absolute Gasteiger partial charge is 0.319 e. The van der Waals surface area contributed by atoms with E-state index in [1.165, 1.54) is 39.5 Å². The van der Waals surface area contributed by atoms with E-state index in [1.807, 2.05) is 11.9 Å². The molecule has 0 saturated carbocycles. The summed E-state index contributed by atoms with van der Waals surface area (Å²) in [4.78, 5) is 15.5. The Kier molecular flexibility index (Phi) is 5.77. The molecule has 1 aliphatic heterocycles. The van der Waals surface area contributed by atoms with Crippen LogP contribution in [0.5, 0.6) is 0 Å². The van der Waals surface area contributed by atoms with E-state index >= 15 is 0 Å². The molecule has 4 heteroatoms. The first-order valence-corrected chi connectivity index (χ1v) is 6.05. The van der Waals surface area contributed by atoms with Crippen molar-refractivity contribution in [1.82, 2.24) is 9.80 Å². The van der Waals surface area contributed by atoms with E-state index in [9.17, 15) is 4.79 Å². The lowest BCUT2D eigenvalue weighted by atomic mass is 9.94. The zero-order chi connectivity index (χ0) is 12.0. The Balaban J connectivity index is 2.12. The SMILES string of the molecule is COC(=O)CN(C)CCC1CCN(C)CC1. The fourth-order valence-electron chi connectivity index (χ4n) is 2.12. The Morgan fingerprint density at radius 1 is 1.44 bits per heavy atom. The fraction of sp³-hybridized carbons (Fsp3) is 0.917. The molecule has 0 spiro atoms. The van der Waals surface area contributed by atoms with Crippen LogP contribution < -0.4 is 0 Å². The molecule has 1 heterocycles. The van der Waals surface area contributed by atoms with Gasteiger partial charge in [-0.2, -0.15) is 0 Å². The Bertz CT molecular complexity index is 213. The molecule has 0 aromatic carbocycles. The second-order valence-corrected chi connectivity index (χ2v) is 4.85. The lowest BCUT2D eigenvalue weighted by Gasteiger charge is -2.29. The minimum atomic E-state index is -0.147. The van der Waals surface area contributed by atoms with Crippen LogP contribution in [0.3, 0.4) is 0 Å². The highest BCUT2D eigenvalue weighted by Gasteiger charge is 2.17. The van der Waals surface area contributed by atoms with E-state index in [0.29, 0.717) is 6.54 Å². The number of carbonyl (C=O) groups excluding carboxylic acids is 1. The number of esters is 1. The van der Waals surface area contributed by atoms with E-state index in [0.717, 1.165) is 12.5 Å². The highest BCUT2D eigenvalue weighted by molar-refractivity contribution is 5.71. The number of likely N-dealkylation sites (tertiary alicyclic amines) is 1. The molecule has 16 heavy (non-hydrogen) atoms. The summed E-state index contributed by atoms with van der Waals surface area (Å²) in [6.07, 6.45) is 3.78. The zero-order valence-electron chi connectivity index (χ0n) is 10.7. The quantitative estimate of drug-likeness (QED) is 0.652. The first kappa shape index (κ1) is 13.5. The molecule has 94 valence electrons. The van der Waals surface area contributed by atoms with Gasteiger partial charge in [-0.15, -0.1) is 0 Å². The molecule has 0 atom stereocenters. The Morgan fingerprint density at radius 2 is 2.06 bits per heavy atom. The molecular formula is C12H24N2O2. The van der Waals surface area contributed by atoms with Crippen molar-refractivity contribution in [3.63, 3.8) is 0 Å². The molecule has 0 aromatic rings. The summed E-state index contributed by atoms with van der Waals surface area (Å²) < 4.78 is 4.64. The average Bonchev–Trinajstić information content (AvgIpc) is 2.28. The first-order chi connectivity index (χ1) is 7.61. The van der Waals surface area contributed by atoms with Crippen molar-refractivity contribution in [2.45, 2.75) is 19.3 Å². The zero-order valence-corrected chi connectivity index (χ0v) is 10.7. The fourth-order valence-corrected chi connectivity index (χ4v) is 2.12. The third kappa shape index (κ3) is 4.94. The molecule has 0 N–H and O–H groups in total. The Labute approximate surface area is 98.5 Å². The second kappa shape index (κ2) is 6.86. The lowest BCUT2D eigenvalue weighted by molar-refractivity contribution is -0.141. The molecule has 1 fully saturated rings. The second-order valence-electron chi connectivity index (χ2n) is 4.85. The molecule has 0 amide bonds. The van der Waals surface area contributed by atoms with Crippen molar-refractivity contribution in [2.75, 3.05) is 47.4 Å². The topological polar surface area (TPSA) is 32.8 Å². The maximum atomic E-state index is 11.0. The number of rotatable bonds is 5. The number of carbonyl (C=O) groups is 1. The number of methoxy groups -OCH3 is 1. The number of likely N-dealkylation sites (N-methyl/N-ethyl adjacent to an activating group) is 1. The van der Waals surface area contributed by atoms with Crippen LogP contribution in [0.25, 0.3) is 0 Å². The predicted octanol–water partition coefficient (Wildman–Crippen LogP) is 0.823. The maximum Gasteiger partial charge on any atom is 0.319 e. The summed E-state index contributed by atoms with van der Waals surface area (Å²) >= 11 is 0. The van der Waals surface area contributed by atoms with Crippen molar-refractivity contribution in [3.05, 3.63) is 0 Å². The van der Waals surface area contributed by atoms with E-state index in [2.05, 4.69) is 16.7 Å². The molecule has 0 unspecified atom stereocenters. The molecule has 0 bridgehead atoms. The minimum absolute atomic E-state index is 0.147. The molecule has 1 aliphatic rings. The number of nitrogens with zero attached hydrogens (tertiary/aromatic N) is 2. The molecule has 0 aromatic heterocycles. The van der Waals surface area contributed by atoms with Gasteiger partial charge in [0.15, 0.2) is 0 Å². The van der Waals surface area contributed by atoms with Gasteiger partial charge in [0.1, 0.15) is 0 Å². The highest BCUT2D eigenvalue weighted by atomic mass is 16.5. The molecule has 4 nitrogen and oxygen atoms in total. The van der Waals surface area contributed by atoms with Crippen LogP contribution in [0.4, 0.5) is 0 Å². The van der Waals surface area contributed by atoms with Crippen molar-refractivity contribution >= 4 is 5.97 Å². The van der Waals surface area contributed by atoms with Gasteiger partial charge < -0.3 is 9.64 Å². The summed E-state index contributed by atoms with van der Waals surface area (Å²) in [6, 6.07) is 0. The standard InChI is InChI=1S/C12H24N2O2/c1-13-7-4-11(5-8-13)6-9-14(2)10-12(15)16-3/h11H,4-10H2,1-3H3. The molecule has 1 saturated heterocycles. The van der Waals surface area contributed by atoms with Gasteiger partial charge in [0.2, 0.25) is 0 Å². The summed E-state index contributed by atoms with van der Waals surface area (Å²) in [6.45, 7) is 3.82. The van der Waals surface area contributed by atoms with Crippen LogP contribution in [0.1, 0.15) is 19.3 Å². The van der Waals surface area contributed by atoms with Gasteiger partial charge in [0.25, 0.3) is 0 Å². The van der Waals surface area contributed by atoms with Gasteiger partial charge in [-0.25, -0.2) is 0 Å². The lowest BCUT2D eigenvalue weighted by Crippen LogP contribution is -2.33. The number of ether oxygens (including phenoxy) is 1. The number of hydrogen-bond donors (Lipinski definition) is 0. The van der Waals surface area contributed by atoms with Crippen molar-refractivity contribution in [2.24, 2.45) is 5.92 Å². The van der Waals surface area contributed by atoms with Crippen LogP contribution in [0.2, 0.25) is 0 Å². The highest BCUT2D eigenvalue weighted by Crippen LogP contribution is 2.19. The van der Waals surface area contributed by atoms with Crippen LogP contribution in [-0.2, 0) is 9.53 Å². The number of hydrogen-bond acceptors (Lipinski definition) is 4. The van der Waals surface area contributed by atoms with Crippen LogP contribution in [0, 0.1) is 5.92 Å². The molecule has 1 rings (SSSR count). The number of piperidine rings is 1. The first-order valence-electron chi connectivity index (χ1n) is 6.05. The van der Waals surface area contributed by atoms with Crippen LogP contribution >= 0.6 is 0 Å². The van der Waals surface area contributed by atoms with E-state index in [4.69, 9.17) is 0 Å². The normalized spacial score (nSPS) is 19.0. The van der Waals surface area contributed by atoms with Crippen molar-refractivity contribution in [1.29, 1.82) is 0 Å². The van der Waals surface area contributed by atoms with Crippen LogP contribution in [0.15, 0.2) is 0 Å². The largest absolute Gasteiger partial charge is 0.468 e. The van der Waals surface area contributed by atoms with Gasteiger partial charge in [-0.05, 0) is 58.9 Å². The van der Waals surface area contributed by atoms with Gasteiger partial charge in [-0.1, -0.05) is 0 Å². The summed E-state index contributed by atoms with van der Waals surface area (Å²) in [7, 11) is 5.60. The predicted molar refractivity (Wildman–Crippen MR) is 64.4 cm³/mol. The monoisotopic (exact) mass is 228 g/mol. The molecule has 0 radical (unpaired) electrons.